The van der Waals surface area contributed by atoms with Crippen LogP contribution in [0.3, 0.4) is 0 Å². The Bertz CT molecular complexity index is 3520. The molecule has 0 saturated heterocycles. The maximum absolute atomic E-state index is 12.4. The van der Waals surface area contributed by atoms with E-state index in [1.54, 1.807) is 36.4 Å². The molecular weight excluding hydrogens is 938 g/mol. The number of pyridine rings is 1. The summed E-state index contributed by atoms with van der Waals surface area (Å²) in [5.41, 5.74) is 2.12. The van der Waals surface area contributed by atoms with Gasteiger partial charge in [0.2, 0.25) is 0 Å². The van der Waals surface area contributed by atoms with Crippen LogP contribution in [0.4, 0.5) is 0 Å². The molecule has 1 N–H and O–H groups in total. The summed E-state index contributed by atoms with van der Waals surface area (Å²) in [7, 11) is 0. The Balaban J connectivity index is 0.00000882. The van der Waals surface area contributed by atoms with Crippen molar-refractivity contribution in [1.82, 2.24) is 14.5 Å². The standard InChI is InChI=1S/C57H58N3O.Pt/c1-35(2)41-31-47(36(3)4)54(61)49(32-41)55-59-53-46(18-15-19-52(53)60(55)51-25-24-44(56(6,7)8)34-48(51)39-16-13-12-14-17-39)42-28-43(30-45(29-42)57(9,10)11)50-33-40(26-27-58-50)38-22-20-37(5)21-23-38;/h12-27,29-36,61H,1-11H3;/q-1;/i5D3,6D3,7D3,8D3,20D,21D,22D,23D;. The summed E-state index contributed by atoms with van der Waals surface area (Å²) in [6.45, 7) is 0.618. The Kier molecular flexibility index (Phi) is 7.86. The maximum atomic E-state index is 12.4. The minimum absolute atomic E-state index is 0. The SMILES string of the molecule is [2H]c1c([2H])c(C([2H])([2H])[2H])c([2H])c([2H])c1-c1ccnc(-c2[c-]c(-c3cccc4c3nc(-c3cc(C(C)C)cc(C(C)C)c3O)n4-c3ccc(C(C([2H])([2H])[2H])(C([2H])([2H])[2H])C([2H])([2H])[2H])cc3-c3ccccc3)cc(C(C)(C)C)c2)c1.[Pt]. The van der Waals surface area contributed by atoms with Crippen LogP contribution in [-0.4, -0.2) is 19.6 Å². The molecule has 6 aromatic carbocycles. The largest absolute Gasteiger partial charge is 0.507 e. The van der Waals surface area contributed by atoms with Gasteiger partial charge in [0, 0.05) is 55.0 Å². The average molecular weight is 1010 g/mol. The molecule has 62 heavy (non-hydrogen) atoms. The van der Waals surface area contributed by atoms with Gasteiger partial charge in [-0.2, -0.15) is 0 Å². The third kappa shape index (κ3) is 8.73. The van der Waals surface area contributed by atoms with E-state index >= 15 is 0 Å². The minimum atomic E-state index is -3.54. The molecule has 2 heterocycles. The normalized spacial score (nSPS) is 16.6. The quantitative estimate of drug-likeness (QED) is 0.154. The zero-order valence-electron chi connectivity index (χ0n) is 51.7. The second-order valence-electron chi connectivity index (χ2n) is 17.2. The van der Waals surface area contributed by atoms with Crippen LogP contribution in [0.5, 0.6) is 5.75 Å². The number of nitrogens with zero attached hydrogens (tertiary/aromatic N) is 3. The molecule has 0 fully saturated rings. The number of aromatic hydroxyl groups is 1. The van der Waals surface area contributed by atoms with Crippen molar-refractivity contribution in [2.75, 3.05) is 0 Å². The van der Waals surface area contributed by atoms with Crippen molar-refractivity contribution >= 4 is 11.0 Å². The molecule has 0 aliphatic carbocycles. The van der Waals surface area contributed by atoms with Gasteiger partial charge >= 0.3 is 0 Å². The summed E-state index contributed by atoms with van der Waals surface area (Å²) in [5.74, 6) is 0.101. The number of imidazole rings is 1. The van der Waals surface area contributed by atoms with Crippen LogP contribution in [0.15, 0.2) is 133 Å². The predicted molar refractivity (Wildman–Crippen MR) is 257 cm³/mol. The van der Waals surface area contributed by atoms with Crippen LogP contribution < -0.4 is 0 Å². The molecule has 2 aromatic heterocycles. The van der Waals surface area contributed by atoms with E-state index in [0.29, 0.717) is 55.8 Å². The summed E-state index contributed by atoms with van der Waals surface area (Å²) in [5, 5.41) is 12.4. The van der Waals surface area contributed by atoms with E-state index in [9.17, 15) is 5.11 Å². The van der Waals surface area contributed by atoms with Gasteiger partial charge < -0.3 is 5.11 Å². The van der Waals surface area contributed by atoms with E-state index in [1.165, 1.54) is 30.5 Å². The number of aromatic nitrogens is 3. The van der Waals surface area contributed by atoms with E-state index in [-0.39, 0.29) is 61.2 Å². The molecule has 4 nitrogen and oxygen atoms in total. The fourth-order valence-electron chi connectivity index (χ4n) is 7.65. The van der Waals surface area contributed by atoms with Crippen LogP contribution in [-0.2, 0) is 31.9 Å². The Morgan fingerprint density at radius 1 is 0.677 bits per heavy atom. The zero-order chi connectivity index (χ0) is 56.9. The molecule has 0 aliphatic rings. The molecule has 318 valence electrons. The monoisotopic (exact) mass is 1010 g/mol. The molecule has 0 aliphatic heterocycles. The van der Waals surface area contributed by atoms with Crippen molar-refractivity contribution in [3.8, 4) is 67.5 Å². The fourth-order valence-corrected chi connectivity index (χ4v) is 7.65. The molecule has 0 saturated carbocycles. The number of fused-ring (bicyclic) bond motifs is 1. The van der Waals surface area contributed by atoms with Gasteiger partial charge in [0.15, 0.2) is 0 Å². The molecule has 0 bridgehead atoms. The van der Waals surface area contributed by atoms with Gasteiger partial charge in [0.25, 0.3) is 0 Å². The summed E-state index contributed by atoms with van der Waals surface area (Å²) in [6, 6.07) is 30.5. The van der Waals surface area contributed by atoms with Crippen LogP contribution in [0.25, 0.3) is 72.7 Å². The van der Waals surface area contributed by atoms with Gasteiger partial charge in [-0.3, -0.25) is 9.55 Å². The van der Waals surface area contributed by atoms with E-state index in [4.69, 9.17) is 26.9 Å². The Morgan fingerprint density at radius 3 is 2.10 bits per heavy atom. The van der Waals surface area contributed by atoms with Gasteiger partial charge in [-0.15, -0.1) is 29.3 Å². The number of hydrogen-bond donors (Lipinski definition) is 1. The molecule has 0 spiro atoms. The first-order valence-electron chi connectivity index (χ1n) is 28.4. The van der Waals surface area contributed by atoms with E-state index in [1.807, 2.05) is 95.5 Å². The second kappa shape index (κ2) is 17.3. The number of benzene rings is 6. The van der Waals surface area contributed by atoms with Crippen molar-refractivity contribution in [1.29, 1.82) is 0 Å². The second-order valence-corrected chi connectivity index (χ2v) is 17.2. The number of phenolic OH excluding ortho intramolecular Hbond substituents is 1. The predicted octanol–water partition coefficient (Wildman–Crippen LogP) is 15.4. The Hall–Kier alpha value is -5.57. The van der Waals surface area contributed by atoms with Crippen LogP contribution in [0.1, 0.15) is 131 Å². The molecule has 0 atom stereocenters. The number of hydrogen-bond acceptors (Lipinski definition) is 3. The van der Waals surface area contributed by atoms with Crippen molar-refractivity contribution in [3.05, 3.63) is 167 Å². The number of phenols is 1. The molecule has 8 rings (SSSR count). The fraction of sp³-hybridized carbons (Fsp3) is 0.263. The van der Waals surface area contributed by atoms with Gasteiger partial charge in [0.1, 0.15) is 11.6 Å². The summed E-state index contributed by atoms with van der Waals surface area (Å²) in [4.78, 5) is 10.1. The number of rotatable bonds is 8. The van der Waals surface area contributed by atoms with E-state index in [2.05, 4.69) is 11.1 Å². The van der Waals surface area contributed by atoms with Crippen LogP contribution >= 0.6 is 0 Å². The molecule has 5 heteroatoms. The maximum Gasteiger partial charge on any atom is 0.148 e. The van der Waals surface area contributed by atoms with E-state index in [0.717, 1.165) is 11.1 Å². The average Bonchev–Trinajstić information content (AvgIpc) is 3.71. The third-order valence-corrected chi connectivity index (χ3v) is 11.1. The van der Waals surface area contributed by atoms with Gasteiger partial charge in [-0.1, -0.05) is 171 Å². The van der Waals surface area contributed by atoms with Crippen LogP contribution in [0, 0.1) is 12.9 Å². The van der Waals surface area contributed by atoms with Gasteiger partial charge in [-0.25, -0.2) is 4.98 Å². The van der Waals surface area contributed by atoms with Crippen molar-refractivity contribution < 1.29 is 48.1 Å². The minimum Gasteiger partial charge on any atom is -0.507 e. The van der Waals surface area contributed by atoms with Crippen molar-refractivity contribution in [2.24, 2.45) is 0 Å². The number of para-hydroxylation sites is 1. The topological polar surface area (TPSA) is 50.9 Å². The third-order valence-electron chi connectivity index (χ3n) is 11.1. The zero-order valence-corrected chi connectivity index (χ0v) is 37.9. The Morgan fingerprint density at radius 2 is 1.42 bits per heavy atom. The van der Waals surface area contributed by atoms with Crippen molar-refractivity contribution in [2.45, 2.75) is 98.5 Å². The Labute approximate surface area is 405 Å². The first-order valence-corrected chi connectivity index (χ1v) is 20.4. The summed E-state index contributed by atoms with van der Waals surface area (Å²) >= 11 is 0. The molecular formula is C57H58N3OPt-. The molecule has 0 amide bonds. The van der Waals surface area contributed by atoms with Crippen LogP contribution in [0.2, 0.25) is 0 Å². The van der Waals surface area contributed by atoms with E-state index < -0.39 is 73.5 Å². The van der Waals surface area contributed by atoms with Gasteiger partial charge in [-0.05, 0) is 93.2 Å². The summed E-state index contributed by atoms with van der Waals surface area (Å²) < 4.78 is 138. The van der Waals surface area contributed by atoms with Crippen molar-refractivity contribution in [3.63, 3.8) is 0 Å². The first-order chi connectivity index (χ1) is 35.6. The smallest absolute Gasteiger partial charge is 0.148 e. The van der Waals surface area contributed by atoms with Gasteiger partial charge in [0.05, 0.1) is 27.8 Å². The summed E-state index contributed by atoms with van der Waals surface area (Å²) in [6.07, 6.45) is 1.47. The first kappa shape index (κ1) is 28.2. The molecule has 0 radical (unpaired) electrons. The molecule has 8 aromatic rings. The molecule has 0 unspecified atom stereocenters.